The first-order valence-electron chi connectivity index (χ1n) is 5.60. The minimum atomic E-state index is -1.15. The molecule has 0 heterocycles. The highest BCUT2D eigenvalue weighted by Crippen LogP contribution is 2.16. The van der Waals surface area contributed by atoms with Crippen molar-refractivity contribution in [2.24, 2.45) is 0 Å². The summed E-state index contributed by atoms with van der Waals surface area (Å²) < 4.78 is 18.5. The molecule has 1 atom stereocenters. The van der Waals surface area contributed by atoms with Crippen LogP contribution in [-0.2, 0) is 14.3 Å². The van der Waals surface area contributed by atoms with E-state index >= 15 is 0 Å². The van der Waals surface area contributed by atoms with Gasteiger partial charge in [-0.05, 0) is 24.3 Å². The zero-order valence-electron chi connectivity index (χ0n) is 10.6. The molecule has 0 bridgehead atoms. The third-order valence-electron chi connectivity index (χ3n) is 2.36. The molecule has 0 aliphatic heterocycles. The predicted molar refractivity (Wildman–Crippen MR) is 74.2 cm³/mol. The van der Waals surface area contributed by atoms with Gasteiger partial charge in [0.25, 0.3) is 0 Å². The molecule has 5 nitrogen and oxygen atoms in total. The van der Waals surface area contributed by atoms with Crippen molar-refractivity contribution < 1.29 is 23.8 Å². The number of aliphatic hydroxyl groups excluding tert-OH is 1. The number of halogens is 2. The highest BCUT2D eigenvalue weighted by atomic mass is 79.9. The molecule has 0 saturated carbocycles. The lowest BCUT2D eigenvalue weighted by atomic mass is 10.2. The summed E-state index contributed by atoms with van der Waals surface area (Å²) in [6, 6.07) is 3.14. The quantitative estimate of drug-likeness (QED) is 0.622. The standard InChI is InChI=1S/C13H13BrFNO4/c1-20-13(19)11(7-17)16-12(18)5-2-8-6-9(14)3-4-10(8)15/h2-6,11,17H,7H2,1H3,(H,16,18)/b5-2+/t11-/m1/s1. The Balaban J connectivity index is 2.72. The Bertz CT molecular complexity index is 533. The molecule has 0 aliphatic carbocycles. The van der Waals surface area contributed by atoms with Crippen LogP contribution < -0.4 is 5.32 Å². The van der Waals surface area contributed by atoms with Gasteiger partial charge in [0.1, 0.15) is 5.82 Å². The molecule has 108 valence electrons. The van der Waals surface area contributed by atoms with Gasteiger partial charge in [0, 0.05) is 16.1 Å². The van der Waals surface area contributed by atoms with Gasteiger partial charge >= 0.3 is 5.97 Å². The minimum absolute atomic E-state index is 0.216. The Morgan fingerprint density at radius 3 is 2.85 bits per heavy atom. The maximum Gasteiger partial charge on any atom is 0.330 e. The molecule has 0 aliphatic rings. The highest BCUT2D eigenvalue weighted by molar-refractivity contribution is 9.10. The summed E-state index contributed by atoms with van der Waals surface area (Å²) in [6.07, 6.45) is 2.33. The Morgan fingerprint density at radius 2 is 2.25 bits per heavy atom. The van der Waals surface area contributed by atoms with Gasteiger partial charge in [-0.1, -0.05) is 15.9 Å². The van der Waals surface area contributed by atoms with E-state index in [2.05, 4.69) is 26.0 Å². The van der Waals surface area contributed by atoms with Gasteiger partial charge in [0.15, 0.2) is 6.04 Å². The molecule has 20 heavy (non-hydrogen) atoms. The number of hydrogen-bond donors (Lipinski definition) is 2. The first kappa shape index (κ1) is 16.3. The smallest absolute Gasteiger partial charge is 0.330 e. The summed E-state index contributed by atoms with van der Waals surface area (Å²) in [5, 5.41) is 11.2. The molecule has 0 fully saturated rings. The number of rotatable bonds is 5. The Morgan fingerprint density at radius 1 is 1.55 bits per heavy atom. The first-order valence-corrected chi connectivity index (χ1v) is 6.39. The monoisotopic (exact) mass is 345 g/mol. The SMILES string of the molecule is COC(=O)[C@@H](CO)NC(=O)/C=C/c1cc(Br)ccc1F. The lowest BCUT2D eigenvalue weighted by Crippen LogP contribution is -2.43. The number of ether oxygens (including phenoxy) is 1. The first-order chi connectivity index (χ1) is 9.47. The summed E-state index contributed by atoms with van der Waals surface area (Å²) in [5.41, 5.74) is 0.216. The minimum Gasteiger partial charge on any atom is -0.467 e. The van der Waals surface area contributed by atoms with Gasteiger partial charge in [0.05, 0.1) is 13.7 Å². The van der Waals surface area contributed by atoms with E-state index in [0.29, 0.717) is 4.47 Å². The number of amides is 1. The fourth-order valence-electron chi connectivity index (χ4n) is 1.35. The number of hydrogen-bond acceptors (Lipinski definition) is 4. The van der Waals surface area contributed by atoms with Gasteiger partial charge in [-0.25, -0.2) is 9.18 Å². The largest absolute Gasteiger partial charge is 0.467 e. The van der Waals surface area contributed by atoms with Crippen LogP contribution in [0.4, 0.5) is 4.39 Å². The van der Waals surface area contributed by atoms with Crippen LogP contribution in [0.25, 0.3) is 6.08 Å². The summed E-state index contributed by atoms with van der Waals surface area (Å²) in [6.45, 7) is -0.586. The van der Waals surface area contributed by atoms with Gasteiger partial charge in [-0.2, -0.15) is 0 Å². The van der Waals surface area contributed by atoms with Crippen LogP contribution in [0.5, 0.6) is 0 Å². The van der Waals surface area contributed by atoms with Crippen LogP contribution in [-0.4, -0.2) is 36.7 Å². The second-order valence-corrected chi connectivity index (χ2v) is 4.68. The van der Waals surface area contributed by atoms with E-state index in [1.165, 1.54) is 24.3 Å². The van der Waals surface area contributed by atoms with E-state index in [9.17, 15) is 14.0 Å². The number of carbonyl (C=O) groups excluding carboxylic acids is 2. The molecule has 7 heteroatoms. The molecule has 0 spiro atoms. The number of methoxy groups -OCH3 is 1. The Kier molecular flexibility index (Phi) is 6.33. The molecular weight excluding hydrogens is 333 g/mol. The van der Waals surface area contributed by atoms with E-state index in [0.717, 1.165) is 13.2 Å². The highest BCUT2D eigenvalue weighted by Gasteiger charge is 2.19. The van der Waals surface area contributed by atoms with Crippen LogP contribution in [0.2, 0.25) is 0 Å². The molecule has 0 saturated heterocycles. The fraction of sp³-hybridized carbons (Fsp3) is 0.231. The van der Waals surface area contributed by atoms with Gasteiger partial charge in [-0.3, -0.25) is 4.79 Å². The van der Waals surface area contributed by atoms with Crippen molar-refractivity contribution in [3.63, 3.8) is 0 Å². The average Bonchev–Trinajstić information content (AvgIpc) is 2.44. The van der Waals surface area contributed by atoms with Crippen LogP contribution >= 0.6 is 15.9 Å². The third kappa shape index (κ3) is 4.75. The molecule has 1 aromatic rings. The van der Waals surface area contributed by atoms with E-state index in [-0.39, 0.29) is 5.56 Å². The number of carbonyl (C=O) groups is 2. The van der Waals surface area contributed by atoms with E-state index < -0.39 is 30.3 Å². The van der Waals surface area contributed by atoms with Crippen molar-refractivity contribution in [1.29, 1.82) is 0 Å². The lowest BCUT2D eigenvalue weighted by Gasteiger charge is -2.11. The summed E-state index contributed by atoms with van der Waals surface area (Å²) in [7, 11) is 1.14. The van der Waals surface area contributed by atoms with E-state index in [1.54, 1.807) is 0 Å². The molecule has 0 radical (unpaired) electrons. The van der Waals surface area contributed by atoms with Crippen molar-refractivity contribution >= 4 is 33.9 Å². The van der Waals surface area contributed by atoms with E-state index in [1.807, 2.05) is 0 Å². The number of nitrogens with one attached hydrogen (secondary N) is 1. The van der Waals surface area contributed by atoms with Crippen LogP contribution in [0.3, 0.4) is 0 Å². The molecule has 1 amide bonds. The van der Waals surface area contributed by atoms with Crippen molar-refractivity contribution in [1.82, 2.24) is 5.32 Å². The number of esters is 1. The summed E-state index contributed by atoms with van der Waals surface area (Å²) in [4.78, 5) is 22.7. The third-order valence-corrected chi connectivity index (χ3v) is 2.85. The topological polar surface area (TPSA) is 75.6 Å². The van der Waals surface area contributed by atoms with E-state index in [4.69, 9.17) is 5.11 Å². The van der Waals surface area contributed by atoms with Gasteiger partial charge in [0.2, 0.25) is 5.91 Å². The number of aliphatic hydroxyl groups is 1. The van der Waals surface area contributed by atoms with Crippen LogP contribution in [0.1, 0.15) is 5.56 Å². The average molecular weight is 346 g/mol. The van der Waals surface area contributed by atoms with Crippen molar-refractivity contribution in [3.05, 3.63) is 40.1 Å². The maximum atomic E-state index is 13.4. The van der Waals surface area contributed by atoms with Crippen molar-refractivity contribution in [2.75, 3.05) is 13.7 Å². The normalized spacial score (nSPS) is 12.2. The Labute approximate surface area is 123 Å². The molecule has 2 N–H and O–H groups in total. The van der Waals surface area contributed by atoms with Crippen molar-refractivity contribution in [2.45, 2.75) is 6.04 Å². The maximum absolute atomic E-state index is 13.4. The molecule has 0 aromatic heterocycles. The lowest BCUT2D eigenvalue weighted by molar-refractivity contribution is -0.145. The van der Waals surface area contributed by atoms with Gasteiger partial charge < -0.3 is 15.2 Å². The molecule has 1 aromatic carbocycles. The molecule has 0 unspecified atom stereocenters. The summed E-state index contributed by atoms with van der Waals surface area (Å²) >= 11 is 3.19. The van der Waals surface area contributed by atoms with Crippen molar-refractivity contribution in [3.8, 4) is 0 Å². The Hall–Kier alpha value is -1.73. The fourth-order valence-corrected chi connectivity index (χ4v) is 1.73. The number of benzene rings is 1. The zero-order valence-corrected chi connectivity index (χ0v) is 12.2. The summed E-state index contributed by atoms with van der Waals surface area (Å²) in [5.74, 6) is -1.89. The second kappa shape index (κ2) is 7.76. The van der Waals surface area contributed by atoms with Gasteiger partial charge in [-0.15, -0.1) is 0 Å². The second-order valence-electron chi connectivity index (χ2n) is 3.77. The van der Waals surface area contributed by atoms with Crippen LogP contribution in [0.15, 0.2) is 28.7 Å². The zero-order chi connectivity index (χ0) is 15.1. The molecular formula is C13H13BrFNO4. The molecule has 1 rings (SSSR count). The van der Waals surface area contributed by atoms with Crippen LogP contribution in [0, 0.1) is 5.82 Å². The predicted octanol–water partition coefficient (Wildman–Crippen LogP) is 1.25.